The van der Waals surface area contributed by atoms with Crippen LogP contribution in [0.3, 0.4) is 0 Å². The molecule has 2 aromatic carbocycles. The van der Waals surface area contributed by atoms with Crippen LogP contribution in [0.5, 0.6) is 5.75 Å². The van der Waals surface area contributed by atoms with Gasteiger partial charge in [0.15, 0.2) is 5.79 Å². The summed E-state index contributed by atoms with van der Waals surface area (Å²) < 4.78 is 54.6. The highest BCUT2D eigenvalue weighted by molar-refractivity contribution is 9.10. The maximum Gasteiger partial charge on any atom is 0.410 e. The topological polar surface area (TPSA) is 112 Å². The minimum atomic E-state index is -0.808. The average Bonchev–Trinajstić information content (AvgIpc) is 3.72. The minimum absolute atomic E-state index is 0.0561. The van der Waals surface area contributed by atoms with Gasteiger partial charge in [-0.1, -0.05) is 18.2 Å². The van der Waals surface area contributed by atoms with Gasteiger partial charge in [-0.3, -0.25) is 0 Å². The third-order valence-corrected chi connectivity index (χ3v) is 10.2. The Balaban J connectivity index is 1.16. The van der Waals surface area contributed by atoms with Crippen molar-refractivity contribution < 1.29 is 32.5 Å². The van der Waals surface area contributed by atoms with Crippen molar-refractivity contribution in [2.24, 2.45) is 5.92 Å². The van der Waals surface area contributed by atoms with E-state index in [0.29, 0.717) is 63.4 Å². The second kappa shape index (κ2) is 16.3. The molecule has 1 aliphatic heterocycles. The Labute approximate surface area is 317 Å². The Hall–Kier alpha value is -3.85. The van der Waals surface area contributed by atoms with E-state index >= 15 is 0 Å². The molecule has 4 aromatic rings. The normalized spacial score (nSPS) is 20.8. The fourth-order valence-electron chi connectivity index (χ4n) is 7.20. The molecule has 2 aromatic heterocycles. The number of aromatic nitrogens is 3. The zero-order chi connectivity index (χ0) is 37.9. The highest BCUT2D eigenvalue weighted by Crippen LogP contribution is 2.49. The zero-order valence-corrected chi connectivity index (χ0v) is 32.7. The number of nitrogens with zero attached hydrogens (tertiary/aromatic N) is 4. The van der Waals surface area contributed by atoms with Crippen molar-refractivity contribution in [1.29, 1.82) is 0 Å². The number of carbonyl (C=O) groups excluding carboxylic acids is 1. The Morgan fingerprint density at radius 3 is 2.57 bits per heavy atom. The van der Waals surface area contributed by atoms with E-state index in [9.17, 15) is 13.6 Å². The van der Waals surface area contributed by atoms with E-state index < -0.39 is 29.1 Å². The molecule has 0 bridgehead atoms. The monoisotopic (exact) mass is 798 g/mol. The van der Waals surface area contributed by atoms with Crippen LogP contribution in [0.4, 0.5) is 19.4 Å². The minimum Gasteiger partial charge on any atom is -0.497 e. The molecule has 0 radical (unpaired) electrons. The molecule has 6 rings (SSSR count). The predicted octanol–water partition coefficient (Wildman–Crippen LogP) is 7.63. The van der Waals surface area contributed by atoms with Gasteiger partial charge in [0.2, 0.25) is 0 Å². The Morgan fingerprint density at radius 1 is 1.09 bits per heavy atom. The number of halogens is 3. The van der Waals surface area contributed by atoms with Crippen LogP contribution < -0.4 is 15.4 Å². The number of fused-ring (bicyclic) bond motifs is 2. The molecule has 1 saturated carbocycles. The van der Waals surface area contributed by atoms with Crippen LogP contribution in [-0.2, 0) is 27.2 Å². The van der Waals surface area contributed by atoms with Gasteiger partial charge in [-0.25, -0.2) is 23.5 Å². The summed E-state index contributed by atoms with van der Waals surface area (Å²) in [6.07, 6.45) is 4.42. The SMILES string of the molecule is COc1ccc(CNc2ncnc3c2c(Br)cn3[C@@H]2C[C@H](CN(CCCNCCc3ccc(F)cc3F)C(=O)OC(C)(C)C)[C@H]3OC(C)(C)O[C@H]32)cc1. The van der Waals surface area contributed by atoms with Crippen LogP contribution in [0.25, 0.3) is 11.0 Å². The molecule has 1 saturated heterocycles. The number of ether oxygens (including phenoxy) is 4. The standard InChI is InChI=1S/C39H49BrF2N6O5/c1-38(2,3)53-37(49)47(17-7-15-43-16-14-25-10-11-27(41)19-30(25)42)21-26-18-31(34-33(26)51-39(4,5)52-34)48-22-29(40)32-35(45-23-46-36(32)48)44-20-24-8-12-28(50-6)13-9-24/h8-13,19,22-23,26,31,33-34,43H,7,14-18,20-21H2,1-6H3,(H,44,45,46)/t26-,31-,33-,34+/m1/s1. The van der Waals surface area contributed by atoms with E-state index in [1.54, 1.807) is 18.3 Å². The molecule has 286 valence electrons. The fourth-order valence-corrected chi connectivity index (χ4v) is 7.78. The highest BCUT2D eigenvalue weighted by Gasteiger charge is 2.55. The lowest BCUT2D eigenvalue weighted by molar-refractivity contribution is -0.160. The summed E-state index contributed by atoms with van der Waals surface area (Å²) in [7, 11) is 1.65. The lowest BCUT2D eigenvalue weighted by Crippen LogP contribution is -2.43. The third kappa shape index (κ3) is 9.45. The van der Waals surface area contributed by atoms with Gasteiger partial charge in [0.05, 0.1) is 24.6 Å². The fraction of sp³-hybridized carbons (Fsp3) is 0.513. The number of methoxy groups -OCH3 is 1. The van der Waals surface area contributed by atoms with Gasteiger partial charge in [0.1, 0.15) is 46.9 Å². The quantitative estimate of drug-likeness (QED) is 0.124. The smallest absolute Gasteiger partial charge is 0.410 e. The van der Waals surface area contributed by atoms with Crippen LogP contribution in [0.2, 0.25) is 0 Å². The van der Waals surface area contributed by atoms with Gasteiger partial charge in [0, 0.05) is 42.3 Å². The maximum absolute atomic E-state index is 14.1. The van der Waals surface area contributed by atoms with Crippen LogP contribution in [-0.4, -0.2) is 82.4 Å². The van der Waals surface area contributed by atoms with Crippen molar-refractivity contribution in [3.05, 3.63) is 82.2 Å². The van der Waals surface area contributed by atoms with Gasteiger partial charge in [-0.2, -0.15) is 0 Å². The number of benzene rings is 2. The lowest BCUT2D eigenvalue weighted by Gasteiger charge is -2.31. The van der Waals surface area contributed by atoms with Gasteiger partial charge >= 0.3 is 6.09 Å². The molecule has 53 heavy (non-hydrogen) atoms. The number of hydrogen-bond donors (Lipinski definition) is 2. The molecule has 0 spiro atoms. The summed E-state index contributed by atoms with van der Waals surface area (Å²) in [5, 5.41) is 7.66. The van der Waals surface area contributed by atoms with E-state index in [4.69, 9.17) is 23.9 Å². The van der Waals surface area contributed by atoms with E-state index in [0.717, 1.165) is 32.9 Å². The number of anilines is 1. The van der Waals surface area contributed by atoms with Gasteiger partial charge in [-0.15, -0.1) is 0 Å². The Morgan fingerprint density at radius 2 is 1.85 bits per heavy atom. The number of rotatable bonds is 14. The zero-order valence-electron chi connectivity index (χ0n) is 31.1. The Kier molecular flexibility index (Phi) is 11.9. The van der Waals surface area contributed by atoms with Gasteiger partial charge < -0.3 is 39.0 Å². The van der Waals surface area contributed by atoms with Gasteiger partial charge in [0.25, 0.3) is 0 Å². The van der Waals surface area contributed by atoms with Crippen LogP contribution in [0.1, 0.15) is 64.6 Å². The first-order valence-electron chi connectivity index (χ1n) is 18.1. The largest absolute Gasteiger partial charge is 0.497 e. The van der Waals surface area contributed by atoms with Crippen molar-refractivity contribution in [1.82, 2.24) is 24.8 Å². The van der Waals surface area contributed by atoms with Crippen LogP contribution >= 0.6 is 15.9 Å². The van der Waals surface area contributed by atoms with E-state index in [2.05, 4.69) is 36.1 Å². The summed E-state index contributed by atoms with van der Waals surface area (Å²) in [6.45, 7) is 12.0. The molecule has 14 heteroatoms. The summed E-state index contributed by atoms with van der Waals surface area (Å²) in [5.74, 6) is -0.499. The summed E-state index contributed by atoms with van der Waals surface area (Å²) >= 11 is 3.79. The molecule has 4 atom stereocenters. The molecule has 3 heterocycles. The van der Waals surface area contributed by atoms with Crippen molar-refractivity contribution in [3.8, 4) is 5.75 Å². The number of amides is 1. The molecular weight excluding hydrogens is 750 g/mol. The second-order valence-corrected chi connectivity index (χ2v) is 16.0. The molecule has 0 unspecified atom stereocenters. The number of nitrogens with one attached hydrogen (secondary N) is 2. The third-order valence-electron chi connectivity index (χ3n) is 9.57. The first-order valence-corrected chi connectivity index (χ1v) is 18.9. The van der Waals surface area contributed by atoms with Gasteiger partial charge in [-0.05, 0) is 112 Å². The predicted molar refractivity (Wildman–Crippen MR) is 202 cm³/mol. The molecule has 1 aliphatic carbocycles. The van der Waals surface area contributed by atoms with Crippen molar-refractivity contribution >= 4 is 38.9 Å². The molecule has 1 amide bonds. The molecule has 2 aliphatic rings. The van der Waals surface area contributed by atoms with E-state index in [1.807, 2.05) is 65.1 Å². The molecule has 11 nitrogen and oxygen atoms in total. The Bertz CT molecular complexity index is 1880. The summed E-state index contributed by atoms with van der Waals surface area (Å²) in [4.78, 5) is 24.7. The lowest BCUT2D eigenvalue weighted by atomic mass is 10.0. The number of hydrogen-bond acceptors (Lipinski definition) is 9. The molecular formula is C39H49BrF2N6O5. The maximum atomic E-state index is 14.1. The summed E-state index contributed by atoms with van der Waals surface area (Å²) in [5.41, 5.74) is 1.63. The average molecular weight is 800 g/mol. The van der Waals surface area contributed by atoms with Crippen LogP contribution in [0.15, 0.2) is 59.5 Å². The van der Waals surface area contributed by atoms with E-state index in [1.165, 1.54) is 12.1 Å². The number of carbonyl (C=O) groups is 1. The second-order valence-electron chi connectivity index (χ2n) is 15.2. The van der Waals surface area contributed by atoms with Crippen molar-refractivity contribution in [2.75, 3.05) is 38.6 Å². The van der Waals surface area contributed by atoms with E-state index in [-0.39, 0.29) is 24.2 Å². The van der Waals surface area contributed by atoms with Crippen molar-refractivity contribution in [3.63, 3.8) is 0 Å². The first kappa shape index (κ1) is 38.9. The van der Waals surface area contributed by atoms with Crippen molar-refractivity contribution in [2.45, 2.75) is 90.1 Å². The van der Waals surface area contributed by atoms with Crippen LogP contribution in [0, 0.1) is 17.6 Å². The molecule has 2 fully saturated rings. The highest BCUT2D eigenvalue weighted by atomic mass is 79.9. The molecule has 2 N–H and O–H groups in total. The summed E-state index contributed by atoms with van der Waals surface area (Å²) in [6, 6.07) is 11.4. The first-order chi connectivity index (χ1) is 25.2.